The van der Waals surface area contributed by atoms with Crippen LogP contribution in [-0.4, -0.2) is 12.1 Å². The number of fused-ring (bicyclic) bond motifs is 1. The molecule has 0 aromatic heterocycles. The second-order valence-corrected chi connectivity index (χ2v) is 5.85. The Labute approximate surface area is 119 Å². The van der Waals surface area contributed by atoms with Crippen molar-refractivity contribution in [3.05, 3.63) is 39.8 Å². The molecule has 0 radical (unpaired) electrons. The van der Waals surface area contributed by atoms with E-state index < -0.39 is 0 Å². The van der Waals surface area contributed by atoms with Gasteiger partial charge in [-0.3, -0.25) is 4.79 Å². The molecule has 0 saturated heterocycles. The molecule has 1 unspecified atom stereocenters. The first-order chi connectivity index (χ1) is 9.61. The van der Waals surface area contributed by atoms with Crippen molar-refractivity contribution in [2.24, 2.45) is 5.92 Å². The van der Waals surface area contributed by atoms with Crippen LogP contribution in [0.2, 0.25) is 0 Å². The van der Waals surface area contributed by atoms with Gasteiger partial charge in [0.1, 0.15) is 6.17 Å². The van der Waals surface area contributed by atoms with Crippen molar-refractivity contribution in [3.8, 4) is 0 Å². The van der Waals surface area contributed by atoms with E-state index in [4.69, 9.17) is 0 Å². The zero-order valence-electron chi connectivity index (χ0n) is 11.9. The predicted molar refractivity (Wildman–Crippen MR) is 81.7 cm³/mol. The molecule has 2 aliphatic rings. The van der Waals surface area contributed by atoms with Crippen LogP contribution in [0.4, 0.5) is 0 Å². The highest BCUT2D eigenvalue weighted by Crippen LogP contribution is 2.28. The average Bonchev–Trinajstić information content (AvgIpc) is 3.22. The lowest BCUT2D eigenvalue weighted by atomic mass is 10.1. The smallest absolute Gasteiger partial charge is 0.224 e. The summed E-state index contributed by atoms with van der Waals surface area (Å²) in [5.41, 5.74) is 2.49. The zero-order valence-corrected chi connectivity index (χ0v) is 11.9. The van der Waals surface area contributed by atoms with Crippen LogP contribution in [0.3, 0.4) is 0 Å². The van der Waals surface area contributed by atoms with Gasteiger partial charge in [0.15, 0.2) is 0 Å². The highest BCUT2D eigenvalue weighted by atomic mass is 16.2. The lowest BCUT2D eigenvalue weighted by Crippen LogP contribution is -2.48. The summed E-state index contributed by atoms with van der Waals surface area (Å²) in [5.74, 6) is 0.406. The first-order valence-corrected chi connectivity index (χ1v) is 7.15. The van der Waals surface area contributed by atoms with Gasteiger partial charge in [-0.25, -0.2) is 0 Å². The van der Waals surface area contributed by atoms with E-state index in [1.165, 1.54) is 11.1 Å². The van der Waals surface area contributed by atoms with Crippen molar-refractivity contribution < 1.29 is 4.79 Å². The Hall–Kier alpha value is -2.03. The second kappa shape index (κ2) is 5.16. The summed E-state index contributed by atoms with van der Waals surface area (Å²) in [6.45, 7) is 4.19. The normalized spacial score (nSPS) is 19.8. The van der Waals surface area contributed by atoms with Crippen LogP contribution in [0.1, 0.15) is 32.3 Å². The van der Waals surface area contributed by atoms with Crippen LogP contribution in [0, 0.1) is 5.92 Å². The maximum atomic E-state index is 11.8. The highest BCUT2D eigenvalue weighted by Gasteiger charge is 2.30. The Kier molecular flexibility index (Phi) is 3.35. The van der Waals surface area contributed by atoms with E-state index in [-0.39, 0.29) is 18.0 Å². The van der Waals surface area contributed by atoms with Crippen LogP contribution in [0.25, 0.3) is 18.4 Å². The molecule has 3 heteroatoms. The van der Waals surface area contributed by atoms with Gasteiger partial charge in [0.05, 0.1) is 0 Å². The number of carbonyl (C=O) groups is 1. The van der Waals surface area contributed by atoms with Gasteiger partial charge in [-0.2, -0.15) is 0 Å². The minimum atomic E-state index is -0.0927. The van der Waals surface area contributed by atoms with Crippen LogP contribution in [0.15, 0.2) is 23.8 Å². The van der Waals surface area contributed by atoms with E-state index in [1.807, 2.05) is 6.20 Å². The van der Waals surface area contributed by atoms with Gasteiger partial charge in [0.25, 0.3) is 0 Å². The fourth-order valence-corrected chi connectivity index (χ4v) is 2.40. The molecule has 1 heterocycles. The van der Waals surface area contributed by atoms with E-state index in [1.54, 1.807) is 0 Å². The summed E-state index contributed by atoms with van der Waals surface area (Å²) in [6, 6.07) is 6.38. The molecular formula is C17H20N2O. The molecule has 1 fully saturated rings. The summed E-state index contributed by atoms with van der Waals surface area (Å²) in [6.07, 6.45) is 8.19. The Morgan fingerprint density at radius 3 is 2.80 bits per heavy atom. The van der Waals surface area contributed by atoms with Crippen LogP contribution in [0.5, 0.6) is 0 Å². The molecule has 1 aliphatic heterocycles. The molecule has 1 aromatic carbocycles. The van der Waals surface area contributed by atoms with E-state index >= 15 is 0 Å². The van der Waals surface area contributed by atoms with Crippen molar-refractivity contribution in [3.63, 3.8) is 0 Å². The molecule has 1 atom stereocenters. The number of carbonyl (C=O) groups excluding carboxylic acids is 1. The molecule has 20 heavy (non-hydrogen) atoms. The monoisotopic (exact) mass is 268 g/mol. The average molecular weight is 268 g/mol. The quantitative estimate of drug-likeness (QED) is 0.861. The third-order valence-electron chi connectivity index (χ3n) is 3.58. The van der Waals surface area contributed by atoms with Crippen LogP contribution >= 0.6 is 0 Å². The molecule has 1 saturated carbocycles. The summed E-state index contributed by atoms with van der Waals surface area (Å²) in [4.78, 5) is 11.8. The van der Waals surface area contributed by atoms with E-state index in [0.717, 1.165) is 23.3 Å². The Balaban J connectivity index is 1.82. The summed E-state index contributed by atoms with van der Waals surface area (Å²) >= 11 is 0. The number of benzene rings is 1. The molecule has 0 spiro atoms. The molecule has 1 aromatic rings. The van der Waals surface area contributed by atoms with E-state index in [9.17, 15) is 4.79 Å². The SMILES string of the molecule is CC(C)=Cc1ccc2c(c1)=CNC(NC(=O)C1CC1)C=2. The Morgan fingerprint density at radius 2 is 2.10 bits per heavy atom. The zero-order chi connectivity index (χ0) is 14.1. The number of hydrogen-bond donors (Lipinski definition) is 2. The Bertz CT molecular complexity index is 679. The van der Waals surface area contributed by atoms with Crippen LogP contribution in [-0.2, 0) is 4.79 Å². The summed E-state index contributed by atoms with van der Waals surface area (Å²) in [7, 11) is 0. The second-order valence-electron chi connectivity index (χ2n) is 5.85. The van der Waals surface area contributed by atoms with Crippen molar-refractivity contribution in [2.45, 2.75) is 32.9 Å². The molecule has 1 amide bonds. The maximum Gasteiger partial charge on any atom is 0.224 e. The van der Waals surface area contributed by atoms with Gasteiger partial charge in [-0.05, 0) is 54.8 Å². The number of rotatable bonds is 3. The first-order valence-electron chi connectivity index (χ1n) is 7.15. The fourth-order valence-electron chi connectivity index (χ4n) is 2.40. The molecule has 2 N–H and O–H groups in total. The van der Waals surface area contributed by atoms with E-state index in [0.29, 0.717) is 0 Å². The van der Waals surface area contributed by atoms with Gasteiger partial charge in [0.2, 0.25) is 5.91 Å². The lowest BCUT2D eigenvalue weighted by Gasteiger charge is -2.18. The first kappa shape index (κ1) is 13.0. The van der Waals surface area contributed by atoms with Gasteiger partial charge in [-0.1, -0.05) is 23.8 Å². The minimum absolute atomic E-state index is 0.0927. The highest BCUT2D eigenvalue weighted by molar-refractivity contribution is 5.82. The molecular weight excluding hydrogens is 248 g/mol. The topological polar surface area (TPSA) is 41.1 Å². The number of allylic oxidation sites excluding steroid dienone is 1. The van der Waals surface area contributed by atoms with Gasteiger partial charge >= 0.3 is 0 Å². The maximum absolute atomic E-state index is 11.8. The molecule has 104 valence electrons. The van der Waals surface area contributed by atoms with E-state index in [2.05, 4.69) is 54.8 Å². The van der Waals surface area contributed by atoms with Crippen molar-refractivity contribution in [1.29, 1.82) is 0 Å². The van der Waals surface area contributed by atoms with Gasteiger partial charge in [-0.15, -0.1) is 0 Å². The number of hydrogen-bond acceptors (Lipinski definition) is 2. The molecule has 3 nitrogen and oxygen atoms in total. The van der Waals surface area contributed by atoms with Gasteiger partial charge < -0.3 is 10.6 Å². The van der Waals surface area contributed by atoms with Crippen molar-refractivity contribution >= 4 is 24.3 Å². The lowest BCUT2D eigenvalue weighted by molar-refractivity contribution is -0.122. The van der Waals surface area contributed by atoms with Crippen molar-refractivity contribution in [2.75, 3.05) is 0 Å². The minimum Gasteiger partial charge on any atom is -0.368 e. The molecule has 3 rings (SSSR count). The molecule has 0 bridgehead atoms. The van der Waals surface area contributed by atoms with Crippen molar-refractivity contribution in [1.82, 2.24) is 10.6 Å². The largest absolute Gasteiger partial charge is 0.368 e. The predicted octanol–water partition coefficient (Wildman–Crippen LogP) is 1.08. The third-order valence-corrected chi connectivity index (χ3v) is 3.58. The molecule has 1 aliphatic carbocycles. The summed E-state index contributed by atoms with van der Waals surface area (Å²) < 4.78 is 0. The Morgan fingerprint density at radius 1 is 1.30 bits per heavy atom. The van der Waals surface area contributed by atoms with Gasteiger partial charge in [0, 0.05) is 12.1 Å². The number of amides is 1. The standard InChI is InChI=1S/C17H20N2O/c1-11(2)7-12-3-4-14-9-16(18-10-15(14)8-12)19-17(20)13-5-6-13/h3-4,7-10,13,16,18H,5-6H2,1-2H3,(H,19,20). The number of nitrogens with one attached hydrogen (secondary N) is 2. The summed E-state index contributed by atoms with van der Waals surface area (Å²) in [5, 5.41) is 8.58. The van der Waals surface area contributed by atoms with Crippen LogP contribution < -0.4 is 21.1 Å². The fraction of sp³-hybridized carbons (Fsp3) is 0.353. The third kappa shape index (κ3) is 2.93.